The van der Waals surface area contributed by atoms with E-state index in [0.29, 0.717) is 23.8 Å². The minimum Gasteiger partial charge on any atom is -0.494 e. The lowest BCUT2D eigenvalue weighted by Crippen LogP contribution is -2.45. The van der Waals surface area contributed by atoms with Gasteiger partial charge in [0.2, 0.25) is 11.8 Å². The van der Waals surface area contributed by atoms with Gasteiger partial charge < -0.3 is 14.1 Å². The number of amides is 3. The quantitative estimate of drug-likeness (QED) is 0.647. The summed E-state index contributed by atoms with van der Waals surface area (Å²) >= 11 is 0. The Bertz CT molecular complexity index is 897. The van der Waals surface area contributed by atoms with E-state index < -0.39 is 11.9 Å². The highest BCUT2D eigenvalue weighted by molar-refractivity contribution is 6.23. The molecule has 1 saturated heterocycles. The molecule has 1 aliphatic heterocycles. The van der Waals surface area contributed by atoms with E-state index in [2.05, 4.69) is 0 Å². The first kappa shape index (κ1) is 21.6. The smallest absolute Gasteiger partial charge is 0.257 e. The molecule has 3 rings (SSSR count). The van der Waals surface area contributed by atoms with Crippen LogP contribution in [0.15, 0.2) is 47.1 Å². The summed E-state index contributed by atoms with van der Waals surface area (Å²) in [6, 6.07) is 9.42. The molecule has 1 aromatic carbocycles. The van der Waals surface area contributed by atoms with E-state index in [0.717, 1.165) is 4.90 Å². The number of rotatable bonds is 7. The number of carbonyl (C=O) groups is 3. The maximum absolute atomic E-state index is 13.2. The molecule has 2 aromatic rings. The number of carbonyl (C=O) groups excluding carboxylic acids is 3. The summed E-state index contributed by atoms with van der Waals surface area (Å²) in [6.45, 7) is 8.44. The first-order valence-corrected chi connectivity index (χ1v) is 10.1. The van der Waals surface area contributed by atoms with Crippen LogP contribution in [-0.2, 0) is 20.9 Å². The normalized spacial score (nSPS) is 16.8. The van der Waals surface area contributed by atoms with Crippen LogP contribution in [0.4, 0.5) is 5.69 Å². The first-order chi connectivity index (χ1) is 14.2. The van der Waals surface area contributed by atoms with Crippen LogP contribution in [0.3, 0.4) is 0 Å². The maximum Gasteiger partial charge on any atom is 0.257 e. The predicted molar refractivity (Wildman–Crippen MR) is 112 cm³/mol. The monoisotopic (exact) mass is 412 g/mol. The summed E-state index contributed by atoms with van der Waals surface area (Å²) < 4.78 is 10.8. The van der Waals surface area contributed by atoms with Crippen molar-refractivity contribution in [3.05, 3.63) is 48.4 Å². The van der Waals surface area contributed by atoms with Crippen molar-refractivity contribution in [1.29, 1.82) is 0 Å². The van der Waals surface area contributed by atoms with Crippen LogP contribution in [-0.4, -0.2) is 35.3 Å². The Morgan fingerprint density at radius 3 is 2.47 bits per heavy atom. The van der Waals surface area contributed by atoms with Gasteiger partial charge in [-0.2, -0.15) is 0 Å². The Balaban J connectivity index is 1.85. The Labute approximate surface area is 176 Å². The lowest BCUT2D eigenvalue weighted by atomic mass is 9.91. The van der Waals surface area contributed by atoms with E-state index in [1.165, 1.54) is 11.2 Å². The average molecular weight is 412 g/mol. The maximum atomic E-state index is 13.2. The zero-order chi connectivity index (χ0) is 21.9. The van der Waals surface area contributed by atoms with Crippen molar-refractivity contribution in [2.24, 2.45) is 5.41 Å². The number of nitrogens with zero attached hydrogens (tertiary/aromatic N) is 2. The minimum absolute atomic E-state index is 0.0529. The van der Waals surface area contributed by atoms with Gasteiger partial charge in [-0.1, -0.05) is 20.8 Å². The molecule has 1 atom stereocenters. The standard InChI is InChI=1S/C23H28N2O5/c1-5-29-17-10-8-16(9-11-17)25-20(26)13-19(22(25)28)24(15-18-7-6-12-30-18)21(27)14-23(2,3)4/h6-12,19H,5,13-15H2,1-4H3. The molecule has 0 bridgehead atoms. The van der Waals surface area contributed by atoms with Crippen molar-refractivity contribution in [2.75, 3.05) is 11.5 Å². The van der Waals surface area contributed by atoms with E-state index in [-0.39, 0.29) is 36.6 Å². The van der Waals surface area contributed by atoms with Crippen molar-refractivity contribution in [3.63, 3.8) is 0 Å². The fourth-order valence-corrected chi connectivity index (χ4v) is 3.49. The van der Waals surface area contributed by atoms with Crippen LogP contribution < -0.4 is 9.64 Å². The fraction of sp³-hybridized carbons (Fsp3) is 0.435. The van der Waals surface area contributed by atoms with Gasteiger partial charge in [0, 0.05) is 6.42 Å². The highest BCUT2D eigenvalue weighted by Crippen LogP contribution is 2.30. The number of imide groups is 1. The summed E-state index contributed by atoms with van der Waals surface area (Å²) in [4.78, 5) is 41.6. The van der Waals surface area contributed by atoms with Crippen molar-refractivity contribution in [1.82, 2.24) is 4.90 Å². The topological polar surface area (TPSA) is 80.1 Å². The lowest BCUT2D eigenvalue weighted by molar-refractivity contribution is -0.140. The molecule has 0 spiro atoms. The van der Waals surface area contributed by atoms with Crippen molar-refractivity contribution < 1.29 is 23.5 Å². The Kier molecular flexibility index (Phi) is 6.29. The van der Waals surface area contributed by atoms with Gasteiger partial charge in [-0.15, -0.1) is 0 Å². The molecule has 1 aromatic heterocycles. The number of hydrogen-bond donors (Lipinski definition) is 0. The SMILES string of the molecule is CCOc1ccc(N2C(=O)CC(N(Cc3ccco3)C(=O)CC(C)(C)C)C2=O)cc1. The number of ether oxygens (including phenoxy) is 1. The number of furan rings is 1. The van der Waals surface area contributed by atoms with Crippen LogP contribution in [0, 0.1) is 5.41 Å². The minimum atomic E-state index is -0.857. The first-order valence-electron chi connectivity index (χ1n) is 10.1. The summed E-state index contributed by atoms with van der Waals surface area (Å²) in [5.74, 6) is 0.312. The molecule has 3 amide bonds. The second kappa shape index (κ2) is 8.73. The molecule has 1 aliphatic rings. The zero-order valence-corrected chi connectivity index (χ0v) is 17.9. The summed E-state index contributed by atoms with van der Waals surface area (Å²) in [5.41, 5.74) is 0.219. The van der Waals surface area contributed by atoms with Gasteiger partial charge in [-0.05, 0) is 48.7 Å². The molecule has 0 N–H and O–H groups in total. The molecule has 1 fully saturated rings. The van der Waals surface area contributed by atoms with Crippen LogP contribution in [0.25, 0.3) is 0 Å². The van der Waals surface area contributed by atoms with Gasteiger partial charge in [-0.25, -0.2) is 4.90 Å². The number of hydrogen-bond acceptors (Lipinski definition) is 5. The van der Waals surface area contributed by atoms with Gasteiger partial charge >= 0.3 is 0 Å². The molecule has 7 nitrogen and oxygen atoms in total. The van der Waals surface area contributed by atoms with Crippen LogP contribution >= 0.6 is 0 Å². The number of anilines is 1. The second-order valence-corrected chi connectivity index (χ2v) is 8.55. The zero-order valence-electron chi connectivity index (χ0n) is 17.9. The average Bonchev–Trinajstić information content (AvgIpc) is 3.27. The van der Waals surface area contributed by atoms with Crippen molar-refractivity contribution in [2.45, 2.75) is 53.1 Å². The van der Waals surface area contributed by atoms with E-state index in [1.807, 2.05) is 27.7 Å². The van der Waals surface area contributed by atoms with Gasteiger partial charge in [0.05, 0.1) is 31.5 Å². The van der Waals surface area contributed by atoms with Crippen LogP contribution in [0.1, 0.15) is 46.3 Å². The highest BCUT2D eigenvalue weighted by atomic mass is 16.5. The molecule has 30 heavy (non-hydrogen) atoms. The van der Waals surface area contributed by atoms with Gasteiger partial charge in [0.15, 0.2) is 0 Å². The van der Waals surface area contributed by atoms with E-state index in [4.69, 9.17) is 9.15 Å². The second-order valence-electron chi connectivity index (χ2n) is 8.55. The van der Waals surface area contributed by atoms with Crippen LogP contribution in [0.5, 0.6) is 5.75 Å². The van der Waals surface area contributed by atoms with Gasteiger partial charge in [0.1, 0.15) is 17.6 Å². The molecule has 7 heteroatoms. The molecule has 2 heterocycles. The molecule has 0 aliphatic carbocycles. The predicted octanol–water partition coefficient (Wildman–Crippen LogP) is 3.78. The third-order valence-corrected chi connectivity index (χ3v) is 4.81. The summed E-state index contributed by atoms with van der Waals surface area (Å²) in [6.07, 6.45) is 1.73. The van der Waals surface area contributed by atoms with E-state index in [9.17, 15) is 14.4 Å². The molecular weight excluding hydrogens is 384 g/mol. The Hall–Kier alpha value is -3.09. The molecule has 0 radical (unpaired) electrons. The summed E-state index contributed by atoms with van der Waals surface area (Å²) in [5, 5.41) is 0. The van der Waals surface area contributed by atoms with Crippen molar-refractivity contribution >= 4 is 23.4 Å². The highest BCUT2D eigenvalue weighted by Gasteiger charge is 2.44. The number of benzene rings is 1. The van der Waals surface area contributed by atoms with Crippen molar-refractivity contribution in [3.8, 4) is 5.75 Å². The Morgan fingerprint density at radius 2 is 1.90 bits per heavy atom. The largest absolute Gasteiger partial charge is 0.494 e. The molecule has 1 unspecified atom stereocenters. The Morgan fingerprint density at radius 1 is 1.20 bits per heavy atom. The third kappa shape index (κ3) is 4.90. The van der Waals surface area contributed by atoms with Gasteiger partial charge in [0.25, 0.3) is 5.91 Å². The molecular formula is C23H28N2O5. The molecule has 160 valence electrons. The summed E-state index contributed by atoms with van der Waals surface area (Å²) in [7, 11) is 0. The van der Waals surface area contributed by atoms with Crippen LogP contribution in [0.2, 0.25) is 0 Å². The third-order valence-electron chi connectivity index (χ3n) is 4.81. The van der Waals surface area contributed by atoms with Gasteiger partial charge in [-0.3, -0.25) is 14.4 Å². The van der Waals surface area contributed by atoms with E-state index in [1.54, 1.807) is 36.4 Å². The van der Waals surface area contributed by atoms with E-state index >= 15 is 0 Å². The fourth-order valence-electron chi connectivity index (χ4n) is 3.49. The molecule has 0 saturated carbocycles. The lowest BCUT2D eigenvalue weighted by Gasteiger charge is -2.29.